The van der Waals surface area contributed by atoms with E-state index in [4.69, 9.17) is 9.47 Å². The molecule has 0 radical (unpaired) electrons. The Labute approximate surface area is 169 Å². The van der Waals surface area contributed by atoms with Gasteiger partial charge < -0.3 is 14.4 Å². The van der Waals surface area contributed by atoms with Crippen LogP contribution >= 0.6 is 0 Å². The summed E-state index contributed by atoms with van der Waals surface area (Å²) in [5, 5.41) is 0. The number of hydrogen-bond acceptors (Lipinski definition) is 4. The molecule has 2 unspecified atom stereocenters. The van der Waals surface area contributed by atoms with Crippen LogP contribution in [0.4, 0.5) is 4.79 Å². The highest BCUT2D eigenvalue weighted by atomic mass is 16.7. The summed E-state index contributed by atoms with van der Waals surface area (Å²) in [6, 6.07) is 21.0. The SMILES string of the molecule is CCOC(=O)OC(CC)C(CC(C)N(C)C)(c1ccccc1)c1ccccc1. The summed E-state index contributed by atoms with van der Waals surface area (Å²) in [7, 11) is 4.16. The van der Waals surface area contributed by atoms with Crippen LogP contribution in [-0.2, 0) is 14.9 Å². The fourth-order valence-corrected chi connectivity index (χ4v) is 3.83. The second kappa shape index (κ2) is 10.3. The molecular formula is C24H33NO3. The third-order valence-electron chi connectivity index (χ3n) is 5.50. The van der Waals surface area contributed by atoms with Crippen molar-refractivity contribution in [2.45, 2.75) is 51.2 Å². The van der Waals surface area contributed by atoms with E-state index in [1.165, 1.54) is 0 Å². The van der Waals surface area contributed by atoms with E-state index in [1.807, 2.05) is 36.4 Å². The van der Waals surface area contributed by atoms with Gasteiger partial charge in [0.05, 0.1) is 12.0 Å². The second-order valence-electron chi connectivity index (χ2n) is 7.42. The number of rotatable bonds is 9. The van der Waals surface area contributed by atoms with Crippen molar-refractivity contribution in [1.82, 2.24) is 4.90 Å². The van der Waals surface area contributed by atoms with E-state index in [2.05, 4.69) is 57.1 Å². The summed E-state index contributed by atoms with van der Waals surface area (Å²) < 4.78 is 11.0. The molecule has 0 amide bonds. The minimum atomic E-state index is -0.608. The highest BCUT2D eigenvalue weighted by molar-refractivity contribution is 5.60. The van der Waals surface area contributed by atoms with Crippen LogP contribution in [-0.4, -0.2) is 43.9 Å². The van der Waals surface area contributed by atoms with Crippen molar-refractivity contribution >= 4 is 6.16 Å². The fraction of sp³-hybridized carbons (Fsp3) is 0.458. The lowest BCUT2D eigenvalue weighted by Crippen LogP contribution is -2.47. The largest absolute Gasteiger partial charge is 0.508 e. The van der Waals surface area contributed by atoms with Crippen molar-refractivity contribution < 1.29 is 14.3 Å². The van der Waals surface area contributed by atoms with Crippen LogP contribution in [0.3, 0.4) is 0 Å². The molecule has 0 saturated carbocycles. The number of benzene rings is 2. The average molecular weight is 384 g/mol. The molecule has 152 valence electrons. The quantitative estimate of drug-likeness (QED) is 0.553. The molecule has 28 heavy (non-hydrogen) atoms. The maximum Gasteiger partial charge on any atom is 0.508 e. The van der Waals surface area contributed by atoms with Gasteiger partial charge in [-0.2, -0.15) is 0 Å². The third-order valence-corrected chi connectivity index (χ3v) is 5.50. The number of nitrogens with zero attached hydrogens (tertiary/aromatic N) is 1. The Balaban J connectivity index is 2.66. The Hall–Kier alpha value is -2.33. The van der Waals surface area contributed by atoms with Gasteiger partial charge in [0, 0.05) is 6.04 Å². The van der Waals surface area contributed by atoms with Crippen LogP contribution in [0.15, 0.2) is 60.7 Å². The van der Waals surface area contributed by atoms with Crippen molar-refractivity contribution in [3.05, 3.63) is 71.8 Å². The van der Waals surface area contributed by atoms with E-state index < -0.39 is 11.6 Å². The lowest BCUT2D eigenvalue weighted by molar-refractivity contribution is -0.00541. The zero-order valence-electron chi connectivity index (χ0n) is 17.7. The third kappa shape index (κ3) is 4.93. The lowest BCUT2D eigenvalue weighted by atomic mass is 9.66. The zero-order chi connectivity index (χ0) is 20.6. The molecule has 0 aromatic heterocycles. The van der Waals surface area contributed by atoms with Gasteiger partial charge in [0.1, 0.15) is 6.10 Å². The highest BCUT2D eigenvalue weighted by Crippen LogP contribution is 2.43. The molecule has 4 heteroatoms. The second-order valence-corrected chi connectivity index (χ2v) is 7.42. The predicted octanol–water partition coefficient (Wildman–Crippen LogP) is 5.26. The molecular weight excluding hydrogens is 350 g/mol. The normalized spacial score (nSPS) is 13.8. The van der Waals surface area contributed by atoms with Gasteiger partial charge in [-0.15, -0.1) is 0 Å². The molecule has 0 fully saturated rings. The Morgan fingerprint density at radius 2 is 1.46 bits per heavy atom. The smallest absolute Gasteiger partial charge is 0.435 e. The van der Waals surface area contributed by atoms with Gasteiger partial charge >= 0.3 is 6.16 Å². The van der Waals surface area contributed by atoms with E-state index >= 15 is 0 Å². The topological polar surface area (TPSA) is 38.8 Å². The minimum absolute atomic E-state index is 0.278. The maximum absolute atomic E-state index is 12.3. The van der Waals surface area contributed by atoms with Crippen LogP contribution < -0.4 is 0 Å². The number of ether oxygens (including phenoxy) is 2. The van der Waals surface area contributed by atoms with Gasteiger partial charge in [-0.05, 0) is 51.9 Å². The molecule has 4 nitrogen and oxygen atoms in total. The Morgan fingerprint density at radius 3 is 1.86 bits per heavy atom. The average Bonchev–Trinajstić information content (AvgIpc) is 2.71. The Morgan fingerprint density at radius 1 is 0.964 bits per heavy atom. The van der Waals surface area contributed by atoms with Crippen LogP contribution in [0.25, 0.3) is 0 Å². The molecule has 2 atom stereocenters. The summed E-state index contributed by atoms with van der Waals surface area (Å²) in [4.78, 5) is 14.5. The summed E-state index contributed by atoms with van der Waals surface area (Å²) in [5.74, 6) is 0. The van der Waals surface area contributed by atoms with Crippen LogP contribution in [0.1, 0.15) is 44.7 Å². The standard InChI is InChI=1S/C24H33NO3/c1-6-22(28-23(26)27-7-2)24(18-19(3)25(4)5,20-14-10-8-11-15-20)21-16-12-9-13-17-21/h8-17,19,22H,6-7,18H2,1-5H3. The van der Waals surface area contributed by atoms with Crippen LogP contribution in [0.2, 0.25) is 0 Å². The molecule has 2 aromatic rings. The monoisotopic (exact) mass is 383 g/mol. The molecule has 0 aliphatic heterocycles. The zero-order valence-corrected chi connectivity index (χ0v) is 17.7. The first kappa shape index (κ1) is 22.0. The molecule has 0 bridgehead atoms. The first-order chi connectivity index (χ1) is 13.5. The van der Waals surface area contributed by atoms with Gasteiger partial charge in [0.25, 0.3) is 0 Å². The molecule has 0 N–H and O–H groups in total. The Bertz CT molecular complexity index is 676. The molecule has 2 aromatic carbocycles. The van der Waals surface area contributed by atoms with Gasteiger partial charge in [-0.1, -0.05) is 67.6 Å². The van der Waals surface area contributed by atoms with Crippen LogP contribution in [0, 0.1) is 0 Å². The first-order valence-corrected chi connectivity index (χ1v) is 10.1. The van der Waals surface area contributed by atoms with Gasteiger partial charge in [-0.25, -0.2) is 4.79 Å². The van der Waals surface area contributed by atoms with Crippen molar-refractivity contribution in [1.29, 1.82) is 0 Å². The van der Waals surface area contributed by atoms with Crippen molar-refractivity contribution in [3.63, 3.8) is 0 Å². The van der Waals surface area contributed by atoms with Gasteiger partial charge in [0.2, 0.25) is 0 Å². The molecule has 0 aliphatic rings. The predicted molar refractivity (Wildman–Crippen MR) is 114 cm³/mol. The van der Waals surface area contributed by atoms with E-state index in [9.17, 15) is 4.79 Å². The summed E-state index contributed by atoms with van der Waals surface area (Å²) in [6.45, 7) is 6.35. The van der Waals surface area contributed by atoms with Crippen LogP contribution in [0.5, 0.6) is 0 Å². The van der Waals surface area contributed by atoms with Crippen molar-refractivity contribution in [3.8, 4) is 0 Å². The van der Waals surface area contributed by atoms with E-state index in [0.29, 0.717) is 13.0 Å². The number of hydrogen-bond donors (Lipinski definition) is 0. The Kier molecular flexibility index (Phi) is 8.06. The molecule has 0 spiro atoms. The van der Waals surface area contributed by atoms with E-state index in [1.54, 1.807) is 6.92 Å². The van der Waals surface area contributed by atoms with E-state index in [0.717, 1.165) is 17.5 Å². The lowest BCUT2D eigenvalue weighted by Gasteiger charge is -2.43. The molecule has 0 saturated heterocycles. The summed E-state index contributed by atoms with van der Waals surface area (Å²) >= 11 is 0. The number of carbonyl (C=O) groups excluding carboxylic acids is 1. The summed E-state index contributed by atoms with van der Waals surface area (Å²) in [6.07, 6.45) is 0.538. The first-order valence-electron chi connectivity index (χ1n) is 10.1. The minimum Gasteiger partial charge on any atom is -0.435 e. The highest BCUT2D eigenvalue weighted by Gasteiger charge is 2.45. The maximum atomic E-state index is 12.3. The molecule has 2 rings (SSSR count). The molecule has 0 heterocycles. The van der Waals surface area contributed by atoms with Gasteiger partial charge in [-0.3, -0.25) is 0 Å². The summed E-state index contributed by atoms with van der Waals surface area (Å²) in [5.41, 5.74) is 1.81. The fourth-order valence-electron chi connectivity index (χ4n) is 3.83. The van der Waals surface area contributed by atoms with Gasteiger partial charge in [0.15, 0.2) is 0 Å². The van der Waals surface area contributed by atoms with Crippen molar-refractivity contribution in [2.75, 3.05) is 20.7 Å². The van der Waals surface area contributed by atoms with Crippen molar-refractivity contribution in [2.24, 2.45) is 0 Å². The van der Waals surface area contributed by atoms with E-state index in [-0.39, 0.29) is 12.1 Å². The molecule has 0 aliphatic carbocycles. The number of carbonyl (C=O) groups is 1.